The van der Waals surface area contributed by atoms with Gasteiger partial charge in [0.2, 0.25) is 0 Å². The maximum atomic E-state index is 5.23. The summed E-state index contributed by atoms with van der Waals surface area (Å²) >= 11 is 0. The van der Waals surface area contributed by atoms with Gasteiger partial charge in [0, 0.05) is 11.8 Å². The van der Waals surface area contributed by atoms with E-state index in [1.54, 1.807) is 0 Å². The highest BCUT2D eigenvalue weighted by Gasteiger charge is 2.34. The van der Waals surface area contributed by atoms with Crippen LogP contribution in [0.25, 0.3) is 0 Å². The number of benzene rings is 1. The first-order chi connectivity index (χ1) is 7.45. The third-order valence-electron chi connectivity index (χ3n) is 3.47. The largest absolute Gasteiger partial charge is 0.395 e. The van der Waals surface area contributed by atoms with Crippen LogP contribution in [0.4, 0.5) is 0 Å². The molecule has 1 aliphatic carbocycles. The Hall–Kier alpha value is -1.31. The molecule has 0 bridgehead atoms. The molecule has 1 fully saturated rings. The molecule has 3 rings (SSSR count). The van der Waals surface area contributed by atoms with Crippen molar-refractivity contribution >= 4 is 5.71 Å². The maximum Gasteiger partial charge on any atom is 0.125 e. The van der Waals surface area contributed by atoms with Gasteiger partial charge in [-0.2, -0.15) is 0 Å². The minimum Gasteiger partial charge on any atom is -0.395 e. The number of fused-ring (bicyclic) bond motifs is 1. The molecule has 1 aromatic rings. The van der Waals surface area contributed by atoms with Crippen LogP contribution >= 0.6 is 0 Å². The molecule has 0 unspecified atom stereocenters. The molecular formula is C13H15NO. The number of nitrogens with zero attached hydrogens (tertiary/aromatic N) is 1. The third kappa shape index (κ3) is 1.54. The van der Waals surface area contributed by atoms with Crippen molar-refractivity contribution in [2.45, 2.75) is 25.2 Å². The Kier molecular flexibility index (Phi) is 2.20. The summed E-state index contributed by atoms with van der Waals surface area (Å²) in [5.41, 5.74) is 2.68. The number of rotatable bonds is 1. The smallest absolute Gasteiger partial charge is 0.125 e. The molecule has 1 saturated carbocycles. The van der Waals surface area contributed by atoms with E-state index in [4.69, 9.17) is 4.84 Å². The molecule has 1 aliphatic heterocycles. The molecule has 2 nitrogen and oxygen atoms in total. The summed E-state index contributed by atoms with van der Waals surface area (Å²) in [5, 5.41) is 4.23. The van der Waals surface area contributed by atoms with E-state index in [0.29, 0.717) is 11.8 Å². The first-order valence-electron chi connectivity index (χ1n) is 5.70. The van der Waals surface area contributed by atoms with E-state index in [2.05, 4.69) is 35.5 Å². The average Bonchev–Trinajstić information content (AvgIpc) is 2.78. The average molecular weight is 201 g/mol. The maximum absolute atomic E-state index is 5.23. The summed E-state index contributed by atoms with van der Waals surface area (Å²) in [7, 11) is 0. The Bertz CT molecular complexity index is 371. The molecule has 15 heavy (non-hydrogen) atoms. The lowest BCUT2D eigenvalue weighted by Crippen LogP contribution is -2.25. The molecule has 2 heteroatoms. The minimum atomic E-state index is 0.507. The van der Waals surface area contributed by atoms with Gasteiger partial charge in [0.1, 0.15) is 6.61 Å². The fourth-order valence-corrected chi connectivity index (χ4v) is 2.68. The van der Waals surface area contributed by atoms with Crippen molar-refractivity contribution in [2.75, 3.05) is 6.61 Å². The Balaban J connectivity index is 1.92. The monoisotopic (exact) mass is 201 g/mol. The molecule has 0 amide bonds. The minimum absolute atomic E-state index is 0.507. The molecule has 0 spiro atoms. The molecule has 2 aliphatic rings. The first-order valence-corrected chi connectivity index (χ1v) is 5.70. The highest BCUT2D eigenvalue weighted by atomic mass is 16.6. The van der Waals surface area contributed by atoms with Crippen molar-refractivity contribution in [1.82, 2.24) is 0 Å². The molecule has 0 N–H and O–H groups in total. The summed E-state index contributed by atoms with van der Waals surface area (Å²) in [4.78, 5) is 5.23. The Labute approximate surface area is 89.9 Å². The van der Waals surface area contributed by atoms with Gasteiger partial charge in [-0.3, -0.25) is 0 Å². The zero-order valence-corrected chi connectivity index (χ0v) is 8.73. The van der Waals surface area contributed by atoms with Crippen molar-refractivity contribution in [3.8, 4) is 0 Å². The van der Waals surface area contributed by atoms with Gasteiger partial charge in [0.05, 0.1) is 5.71 Å². The topological polar surface area (TPSA) is 21.6 Å². The molecular weight excluding hydrogens is 186 g/mol. The van der Waals surface area contributed by atoms with Crippen molar-refractivity contribution in [3.63, 3.8) is 0 Å². The fourth-order valence-electron chi connectivity index (χ4n) is 2.68. The normalized spacial score (nSPS) is 29.2. The van der Waals surface area contributed by atoms with Crippen molar-refractivity contribution in [3.05, 3.63) is 35.9 Å². The third-order valence-corrected chi connectivity index (χ3v) is 3.47. The van der Waals surface area contributed by atoms with Crippen LogP contribution in [-0.4, -0.2) is 12.3 Å². The fraction of sp³-hybridized carbons (Fsp3) is 0.462. The van der Waals surface area contributed by atoms with Crippen molar-refractivity contribution < 1.29 is 4.84 Å². The van der Waals surface area contributed by atoms with Gasteiger partial charge < -0.3 is 4.84 Å². The number of oxime groups is 1. The lowest BCUT2D eigenvalue weighted by molar-refractivity contribution is 0.152. The van der Waals surface area contributed by atoms with Crippen LogP contribution in [0.5, 0.6) is 0 Å². The zero-order chi connectivity index (χ0) is 10.1. The zero-order valence-electron chi connectivity index (χ0n) is 8.73. The second-order valence-corrected chi connectivity index (χ2v) is 4.40. The summed E-state index contributed by atoms with van der Waals surface area (Å²) in [5.74, 6) is 1.09. The van der Waals surface area contributed by atoms with Gasteiger partial charge in [-0.25, -0.2) is 0 Å². The number of hydrogen-bond acceptors (Lipinski definition) is 2. The molecule has 78 valence electrons. The summed E-state index contributed by atoms with van der Waals surface area (Å²) in [6, 6.07) is 10.7. The summed E-state index contributed by atoms with van der Waals surface area (Å²) in [6.45, 7) is 0.804. The van der Waals surface area contributed by atoms with Gasteiger partial charge in [-0.05, 0) is 18.4 Å². The van der Waals surface area contributed by atoms with Crippen LogP contribution in [0.15, 0.2) is 35.5 Å². The van der Waals surface area contributed by atoms with Crippen molar-refractivity contribution in [1.29, 1.82) is 0 Å². The van der Waals surface area contributed by atoms with Crippen molar-refractivity contribution in [2.24, 2.45) is 11.1 Å². The van der Waals surface area contributed by atoms with E-state index in [0.717, 1.165) is 6.61 Å². The molecule has 1 heterocycles. The van der Waals surface area contributed by atoms with Crippen LogP contribution < -0.4 is 0 Å². The predicted molar refractivity (Wildman–Crippen MR) is 59.9 cm³/mol. The molecule has 0 saturated heterocycles. The molecule has 2 atom stereocenters. The first kappa shape index (κ1) is 8.96. The van der Waals surface area contributed by atoms with Crippen LogP contribution in [0.1, 0.15) is 30.7 Å². The highest BCUT2D eigenvalue weighted by Crippen LogP contribution is 2.36. The van der Waals surface area contributed by atoms with Crippen LogP contribution in [0, 0.1) is 5.92 Å². The van der Waals surface area contributed by atoms with Crippen LogP contribution in [-0.2, 0) is 4.84 Å². The lowest BCUT2D eigenvalue weighted by atomic mass is 9.77. The van der Waals surface area contributed by atoms with Gasteiger partial charge in [0.25, 0.3) is 0 Å². The Morgan fingerprint density at radius 2 is 2.00 bits per heavy atom. The Morgan fingerprint density at radius 3 is 2.87 bits per heavy atom. The van der Waals surface area contributed by atoms with Gasteiger partial charge >= 0.3 is 0 Å². The van der Waals surface area contributed by atoms with E-state index in [9.17, 15) is 0 Å². The SMILES string of the molecule is c1ccc([C@@H]2CCC[C@@H]3CON=C32)cc1. The van der Waals surface area contributed by atoms with E-state index >= 15 is 0 Å². The molecule has 0 aromatic heterocycles. The quantitative estimate of drug-likeness (QED) is 0.684. The van der Waals surface area contributed by atoms with Crippen LogP contribution in [0.2, 0.25) is 0 Å². The highest BCUT2D eigenvalue weighted by molar-refractivity contribution is 5.94. The Morgan fingerprint density at radius 1 is 1.13 bits per heavy atom. The summed E-state index contributed by atoms with van der Waals surface area (Å²) < 4.78 is 0. The summed E-state index contributed by atoms with van der Waals surface area (Å²) in [6.07, 6.45) is 3.78. The number of hydrogen-bond donors (Lipinski definition) is 0. The standard InChI is InChI=1S/C13H15NO/c1-2-5-10(6-3-1)12-8-4-7-11-9-15-14-13(11)12/h1-3,5-6,11-12H,4,7-9H2/t11-,12+/m1/s1. The van der Waals surface area contributed by atoms with E-state index in [1.165, 1.54) is 30.5 Å². The second-order valence-electron chi connectivity index (χ2n) is 4.40. The molecule has 1 aromatic carbocycles. The van der Waals surface area contributed by atoms with Gasteiger partial charge in [-0.15, -0.1) is 0 Å². The van der Waals surface area contributed by atoms with E-state index in [1.807, 2.05) is 0 Å². The lowest BCUT2D eigenvalue weighted by Gasteiger charge is -2.25. The predicted octanol–water partition coefficient (Wildman–Crippen LogP) is 2.96. The van der Waals surface area contributed by atoms with Crippen LogP contribution in [0.3, 0.4) is 0 Å². The van der Waals surface area contributed by atoms with Gasteiger partial charge in [-0.1, -0.05) is 41.9 Å². The molecule has 0 radical (unpaired) electrons. The van der Waals surface area contributed by atoms with E-state index < -0.39 is 0 Å². The van der Waals surface area contributed by atoms with Gasteiger partial charge in [0.15, 0.2) is 0 Å². The second kappa shape index (κ2) is 3.69. The van der Waals surface area contributed by atoms with E-state index in [-0.39, 0.29) is 0 Å².